The number of carbonyl (C=O) groups excluding carboxylic acids is 1. The summed E-state index contributed by atoms with van der Waals surface area (Å²) >= 11 is 6.09. The van der Waals surface area contributed by atoms with Gasteiger partial charge in [0.15, 0.2) is 0 Å². The first-order valence-electron chi connectivity index (χ1n) is 10.1. The van der Waals surface area contributed by atoms with E-state index in [1.54, 1.807) is 42.5 Å². The number of anilines is 1. The maximum Gasteiger partial charge on any atom is 0.244 e. The first-order chi connectivity index (χ1) is 15.3. The van der Waals surface area contributed by atoms with Crippen LogP contribution in [0.25, 0.3) is 0 Å². The van der Waals surface area contributed by atoms with Crippen LogP contribution in [0, 0.1) is 6.92 Å². The van der Waals surface area contributed by atoms with Crippen molar-refractivity contribution < 1.29 is 17.9 Å². The lowest BCUT2D eigenvalue weighted by Crippen LogP contribution is -2.50. The third-order valence-corrected chi connectivity index (χ3v) is 7.66. The van der Waals surface area contributed by atoms with Crippen molar-refractivity contribution in [2.45, 2.75) is 30.8 Å². The summed E-state index contributed by atoms with van der Waals surface area (Å²) in [6.07, 6.45) is 0.260. The van der Waals surface area contributed by atoms with Gasteiger partial charge in [-0.2, -0.15) is 4.31 Å². The predicted molar refractivity (Wildman–Crippen MR) is 124 cm³/mol. The minimum Gasteiger partial charge on any atom is -0.495 e. The number of hydrogen-bond donors (Lipinski definition) is 1. The van der Waals surface area contributed by atoms with E-state index < -0.39 is 22.0 Å². The van der Waals surface area contributed by atoms with Gasteiger partial charge in [0.1, 0.15) is 11.8 Å². The normalized spacial score (nSPS) is 16.3. The van der Waals surface area contributed by atoms with Gasteiger partial charge in [-0.05, 0) is 54.8 Å². The molecule has 6 nitrogen and oxygen atoms in total. The third kappa shape index (κ3) is 4.37. The number of ether oxygens (including phenoxy) is 1. The molecule has 1 aliphatic rings. The predicted octanol–water partition coefficient (Wildman–Crippen LogP) is 4.41. The summed E-state index contributed by atoms with van der Waals surface area (Å²) in [5.74, 6) is -0.0114. The molecule has 8 heteroatoms. The van der Waals surface area contributed by atoms with Crippen LogP contribution in [0.15, 0.2) is 71.6 Å². The number of methoxy groups -OCH3 is 1. The van der Waals surface area contributed by atoms with Crippen LogP contribution in [-0.2, 0) is 27.8 Å². The molecule has 1 N–H and O–H groups in total. The van der Waals surface area contributed by atoms with Crippen LogP contribution in [-0.4, -0.2) is 31.8 Å². The Kier molecular flexibility index (Phi) is 6.24. The Morgan fingerprint density at radius 1 is 1.06 bits per heavy atom. The summed E-state index contributed by atoms with van der Waals surface area (Å²) in [7, 11) is -2.43. The molecule has 0 bridgehead atoms. The standard InChI is InChI=1S/C24H23ClN2O4S/c1-16-7-10-20(11-8-16)32(29,30)27-15-18-6-4-3-5-17(18)13-22(27)24(28)26-21-14-19(25)9-12-23(21)31-2/h3-12,14,22H,13,15H2,1-2H3,(H,26,28). The van der Waals surface area contributed by atoms with Crippen molar-refractivity contribution in [3.8, 4) is 5.75 Å². The lowest BCUT2D eigenvalue weighted by Gasteiger charge is -2.35. The minimum atomic E-state index is -3.92. The van der Waals surface area contributed by atoms with Crippen LogP contribution in [0.4, 0.5) is 5.69 Å². The summed E-state index contributed by atoms with van der Waals surface area (Å²) in [6, 6.07) is 18.1. The van der Waals surface area contributed by atoms with Gasteiger partial charge in [0.25, 0.3) is 0 Å². The molecule has 166 valence electrons. The van der Waals surface area contributed by atoms with Gasteiger partial charge in [0, 0.05) is 11.6 Å². The lowest BCUT2D eigenvalue weighted by atomic mass is 9.95. The van der Waals surface area contributed by atoms with Crippen molar-refractivity contribution >= 4 is 33.2 Å². The fraction of sp³-hybridized carbons (Fsp3) is 0.208. The summed E-state index contributed by atoms with van der Waals surface area (Å²) in [4.78, 5) is 13.5. The molecule has 0 saturated carbocycles. The molecule has 1 amide bonds. The quantitative estimate of drug-likeness (QED) is 0.599. The van der Waals surface area contributed by atoms with E-state index in [-0.39, 0.29) is 17.9 Å². The zero-order valence-electron chi connectivity index (χ0n) is 17.7. The van der Waals surface area contributed by atoms with Crippen molar-refractivity contribution in [3.63, 3.8) is 0 Å². The number of sulfonamides is 1. The minimum absolute atomic E-state index is 0.108. The Balaban J connectivity index is 1.73. The Labute approximate surface area is 192 Å². The summed E-state index contributed by atoms with van der Waals surface area (Å²) in [6.45, 7) is 2.00. The number of rotatable bonds is 5. The number of hydrogen-bond acceptors (Lipinski definition) is 4. The van der Waals surface area contributed by atoms with E-state index in [1.807, 2.05) is 31.2 Å². The molecule has 1 atom stereocenters. The lowest BCUT2D eigenvalue weighted by molar-refractivity contribution is -0.120. The smallest absolute Gasteiger partial charge is 0.244 e. The fourth-order valence-corrected chi connectivity index (χ4v) is 5.55. The number of nitrogens with zero attached hydrogens (tertiary/aromatic N) is 1. The van der Waals surface area contributed by atoms with Crippen molar-refractivity contribution in [3.05, 3.63) is 88.4 Å². The van der Waals surface area contributed by atoms with Gasteiger partial charge in [-0.25, -0.2) is 8.42 Å². The summed E-state index contributed by atoms with van der Waals surface area (Å²) in [5.41, 5.74) is 3.17. The summed E-state index contributed by atoms with van der Waals surface area (Å²) in [5, 5.41) is 3.24. The highest BCUT2D eigenvalue weighted by molar-refractivity contribution is 7.89. The highest BCUT2D eigenvalue weighted by Gasteiger charge is 2.39. The van der Waals surface area contributed by atoms with Gasteiger partial charge >= 0.3 is 0 Å². The molecule has 0 spiro atoms. The van der Waals surface area contributed by atoms with Crippen LogP contribution in [0.3, 0.4) is 0 Å². The second-order valence-electron chi connectivity index (χ2n) is 7.69. The van der Waals surface area contributed by atoms with Crippen molar-refractivity contribution in [1.29, 1.82) is 0 Å². The molecule has 0 saturated heterocycles. The van der Waals surface area contributed by atoms with E-state index >= 15 is 0 Å². The Bertz CT molecular complexity index is 1260. The van der Waals surface area contributed by atoms with E-state index in [1.165, 1.54) is 11.4 Å². The molecule has 1 heterocycles. The average molecular weight is 471 g/mol. The van der Waals surface area contributed by atoms with Crippen molar-refractivity contribution in [2.75, 3.05) is 12.4 Å². The van der Waals surface area contributed by atoms with Gasteiger partial charge in [-0.3, -0.25) is 4.79 Å². The van der Waals surface area contributed by atoms with Gasteiger partial charge in [0.2, 0.25) is 15.9 Å². The van der Waals surface area contributed by atoms with Crippen LogP contribution in [0.2, 0.25) is 5.02 Å². The van der Waals surface area contributed by atoms with Gasteiger partial charge in [-0.15, -0.1) is 0 Å². The molecular formula is C24H23ClN2O4S. The van der Waals surface area contributed by atoms with E-state index in [4.69, 9.17) is 16.3 Å². The van der Waals surface area contributed by atoms with Crippen molar-refractivity contribution in [2.24, 2.45) is 0 Å². The van der Waals surface area contributed by atoms with E-state index in [9.17, 15) is 13.2 Å². The molecule has 1 unspecified atom stereocenters. The highest BCUT2D eigenvalue weighted by atomic mass is 35.5. The molecule has 3 aromatic rings. The van der Waals surface area contributed by atoms with E-state index in [0.717, 1.165) is 16.7 Å². The van der Waals surface area contributed by atoms with Gasteiger partial charge < -0.3 is 10.1 Å². The number of nitrogens with one attached hydrogen (secondary N) is 1. The largest absolute Gasteiger partial charge is 0.495 e. The Morgan fingerprint density at radius 3 is 2.44 bits per heavy atom. The number of halogens is 1. The number of amides is 1. The molecular weight excluding hydrogens is 448 g/mol. The second kappa shape index (κ2) is 8.94. The molecule has 0 aromatic heterocycles. The molecule has 0 fully saturated rings. The van der Waals surface area contributed by atoms with Crippen LogP contribution in [0.1, 0.15) is 16.7 Å². The van der Waals surface area contributed by atoms with E-state index in [0.29, 0.717) is 16.5 Å². The maximum atomic E-state index is 13.6. The maximum absolute atomic E-state index is 13.6. The summed E-state index contributed by atoms with van der Waals surface area (Å²) < 4.78 is 33.7. The first-order valence-corrected chi connectivity index (χ1v) is 11.9. The molecule has 4 rings (SSSR count). The van der Waals surface area contributed by atoms with Gasteiger partial charge in [0.05, 0.1) is 17.7 Å². The van der Waals surface area contributed by atoms with Crippen molar-refractivity contribution in [1.82, 2.24) is 4.31 Å². The van der Waals surface area contributed by atoms with Crippen LogP contribution >= 0.6 is 11.6 Å². The van der Waals surface area contributed by atoms with Crippen LogP contribution in [0.5, 0.6) is 5.75 Å². The fourth-order valence-electron chi connectivity index (χ4n) is 3.81. The average Bonchev–Trinajstić information content (AvgIpc) is 2.78. The second-order valence-corrected chi connectivity index (χ2v) is 10.0. The third-order valence-electron chi connectivity index (χ3n) is 5.56. The Hall–Kier alpha value is -2.87. The number of carbonyl (C=O) groups is 1. The topological polar surface area (TPSA) is 75.7 Å². The molecule has 1 aliphatic heterocycles. The number of benzene rings is 3. The van der Waals surface area contributed by atoms with E-state index in [2.05, 4.69) is 5.32 Å². The molecule has 0 radical (unpaired) electrons. The zero-order chi connectivity index (χ0) is 22.9. The first kappa shape index (κ1) is 22.3. The highest BCUT2D eigenvalue weighted by Crippen LogP contribution is 2.32. The van der Waals surface area contributed by atoms with Gasteiger partial charge in [-0.1, -0.05) is 53.6 Å². The zero-order valence-corrected chi connectivity index (χ0v) is 19.3. The number of aryl methyl sites for hydroxylation is 1. The number of fused-ring (bicyclic) bond motifs is 1. The van der Waals surface area contributed by atoms with Crippen LogP contribution < -0.4 is 10.1 Å². The SMILES string of the molecule is COc1ccc(Cl)cc1NC(=O)C1Cc2ccccc2CN1S(=O)(=O)c1ccc(C)cc1. The molecule has 3 aromatic carbocycles. The Morgan fingerprint density at radius 2 is 1.75 bits per heavy atom. The molecule has 32 heavy (non-hydrogen) atoms. The monoisotopic (exact) mass is 470 g/mol. The molecule has 0 aliphatic carbocycles.